The summed E-state index contributed by atoms with van der Waals surface area (Å²) < 4.78 is 5.74. The molecule has 136 valence electrons. The van der Waals surface area contributed by atoms with Gasteiger partial charge in [0.1, 0.15) is 5.52 Å². The molecule has 5 heteroatoms. The molecule has 1 aromatic heterocycles. The van der Waals surface area contributed by atoms with Gasteiger partial charge in [0.2, 0.25) is 0 Å². The van der Waals surface area contributed by atoms with E-state index in [0.717, 1.165) is 24.4 Å². The number of oxazole rings is 1. The van der Waals surface area contributed by atoms with Gasteiger partial charge in [-0.05, 0) is 56.5 Å². The number of rotatable bonds is 6. The summed E-state index contributed by atoms with van der Waals surface area (Å²) in [5, 5.41) is 3.02. The van der Waals surface area contributed by atoms with E-state index in [-0.39, 0.29) is 11.8 Å². The average molecular weight is 343 g/mol. The van der Waals surface area contributed by atoms with E-state index < -0.39 is 0 Å². The van der Waals surface area contributed by atoms with Crippen molar-refractivity contribution in [2.45, 2.75) is 46.0 Å². The number of nitrogens with one attached hydrogen (secondary N) is 1. The lowest BCUT2D eigenvalue weighted by molar-refractivity contribution is 0.0950. The Morgan fingerprint density at radius 2 is 2.28 bits per heavy atom. The minimum absolute atomic E-state index is 0.0450. The Kier molecular flexibility index (Phi) is 5.74. The summed E-state index contributed by atoms with van der Waals surface area (Å²) in [6.45, 7) is 10.5. The molecule has 0 saturated carbocycles. The van der Waals surface area contributed by atoms with Gasteiger partial charge in [-0.3, -0.25) is 4.79 Å². The van der Waals surface area contributed by atoms with Crippen LogP contribution in [0, 0.1) is 5.92 Å². The largest absolute Gasteiger partial charge is 0.440 e. The Morgan fingerprint density at radius 3 is 3.04 bits per heavy atom. The van der Waals surface area contributed by atoms with Crippen molar-refractivity contribution in [3.8, 4) is 0 Å². The molecule has 1 fully saturated rings. The molecule has 0 bridgehead atoms. The van der Waals surface area contributed by atoms with Crippen molar-refractivity contribution in [1.29, 1.82) is 0 Å². The zero-order valence-electron chi connectivity index (χ0n) is 15.5. The second-order valence-corrected chi connectivity index (χ2v) is 7.55. The van der Waals surface area contributed by atoms with E-state index in [0.29, 0.717) is 23.6 Å². The number of carbonyl (C=O) groups is 1. The van der Waals surface area contributed by atoms with Crippen molar-refractivity contribution in [2.75, 3.05) is 26.2 Å². The Labute approximate surface area is 149 Å². The zero-order chi connectivity index (χ0) is 17.8. The summed E-state index contributed by atoms with van der Waals surface area (Å²) in [6.07, 6.45) is 3.62. The predicted molar refractivity (Wildman–Crippen MR) is 99.9 cm³/mol. The Balaban J connectivity index is 1.50. The molecule has 1 amide bonds. The number of amides is 1. The molecule has 1 saturated heterocycles. The number of fused-ring (bicyclic) bond motifs is 1. The molecule has 5 nitrogen and oxygen atoms in total. The maximum Gasteiger partial charge on any atom is 0.251 e. The van der Waals surface area contributed by atoms with E-state index in [9.17, 15) is 4.79 Å². The first kappa shape index (κ1) is 17.9. The minimum atomic E-state index is -0.0450. The molecule has 3 rings (SSSR count). The number of nitrogens with zero attached hydrogens (tertiary/aromatic N) is 2. The maximum absolute atomic E-state index is 12.3. The number of benzene rings is 1. The maximum atomic E-state index is 12.3. The fraction of sp³-hybridized carbons (Fsp3) is 0.600. The number of aromatic nitrogens is 1. The van der Waals surface area contributed by atoms with Gasteiger partial charge in [0.25, 0.3) is 5.91 Å². The SMILES string of the molecule is CC1CCCN(CCCNC(=O)c2ccc3nc(C(C)C)oc3c2)C1. The quantitative estimate of drug-likeness (QED) is 0.811. The molecular formula is C20H29N3O2. The number of carbonyl (C=O) groups excluding carboxylic acids is 1. The lowest BCUT2D eigenvalue weighted by Gasteiger charge is -2.30. The molecule has 1 aliphatic rings. The van der Waals surface area contributed by atoms with Crippen LogP contribution in [0.2, 0.25) is 0 Å². The monoisotopic (exact) mass is 343 g/mol. The topological polar surface area (TPSA) is 58.4 Å². The highest BCUT2D eigenvalue weighted by molar-refractivity contribution is 5.97. The summed E-state index contributed by atoms with van der Waals surface area (Å²) in [4.78, 5) is 19.3. The summed E-state index contributed by atoms with van der Waals surface area (Å²) >= 11 is 0. The van der Waals surface area contributed by atoms with Crippen LogP contribution in [0.5, 0.6) is 0 Å². The number of likely N-dealkylation sites (tertiary alicyclic amines) is 1. The smallest absolute Gasteiger partial charge is 0.251 e. The van der Waals surface area contributed by atoms with Crippen molar-refractivity contribution < 1.29 is 9.21 Å². The van der Waals surface area contributed by atoms with E-state index in [2.05, 4.69) is 22.1 Å². The number of hydrogen-bond acceptors (Lipinski definition) is 4. The summed E-state index contributed by atoms with van der Waals surface area (Å²) in [5.41, 5.74) is 2.11. The van der Waals surface area contributed by atoms with Crippen molar-refractivity contribution in [3.63, 3.8) is 0 Å². The number of piperidine rings is 1. The van der Waals surface area contributed by atoms with Gasteiger partial charge in [-0.15, -0.1) is 0 Å². The van der Waals surface area contributed by atoms with Gasteiger partial charge in [0.15, 0.2) is 11.5 Å². The fourth-order valence-electron chi connectivity index (χ4n) is 3.43. The molecular weight excluding hydrogens is 314 g/mol. The first-order valence-electron chi connectivity index (χ1n) is 9.44. The Morgan fingerprint density at radius 1 is 1.44 bits per heavy atom. The third-order valence-corrected chi connectivity index (χ3v) is 4.84. The highest BCUT2D eigenvalue weighted by atomic mass is 16.3. The van der Waals surface area contributed by atoms with Crippen molar-refractivity contribution in [1.82, 2.24) is 15.2 Å². The predicted octanol–water partition coefficient (Wildman–Crippen LogP) is 3.80. The van der Waals surface area contributed by atoms with E-state index in [1.807, 2.05) is 26.0 Å². The zero-order valence-corrected chi connectivity index (χ0v) is 15.5. The van der Waals surface area contributed by atoms with Gasteiger partial charge in [0, 0.05) is 24.6 Å². The van der Waals surface area contributed by atoms with Crippen LogP contribution in [0.25, 0.3) is 11.1 Å². The first-order chi connectivity index (χ1) is 12.0. The second-order valence-electron chi connectivity index (χ2n) is 7.55. The van der Waals surface area contributed by atoms with Crippen molar-refractivity contribution in [3.05, 3.63) is 29.7 Å². The molecule has 2 heterocycles. The van der Waals surface area contributed by atoms with Gasteiger partial charge in [-0.2, -0.15) is 0 Å². The second kappa shape index (κ2) is 8.00. The minimum Gasteiger partial charge on any atom is -0.440 e. The fourth-order valence-corrected chi connectivity index (χ4v) is 3.43. The molecule has 0 spiro atoms. The van der Waals surface area contributed by atoms with Crippen LogP contribution in [0.1, 0.15) is 62.2 Å². The molecule has 1 N–H and O–H groups in total. The van der Waals surface area contributed by atoms with Crippen LogP contribution in [-0.2, 0) is 0 Å². The molecule has 0 radical (unpaired) electrons. The highest BCUT2D eigenvalue weighted by Gasteiger charge is 2.16. The molecule has 0 aliphatic carbocycles. The first-order valence-corrected chi connectivity index (χ1v) is 9.44. The molecule has 1 atom stereocenters. The Bertz CT molecular complexity index is 723. The third-order valence-electron chi connectivity index (χ3n) is 4.84. The van der Waals surface area contributed by atoms with Crippen molar-refractivity contribution in [2.24, 2.45) is 5.92 Å². The molecule has 1 aromatic carbocycles. The van der Waals surface area contributed by atoms with Gasteiger partial charge in [-0.1, -0.05) is 20.8 Å². The van der Waals surface area contributed by atoms with Gasteiger partial charge in [-0.25, -0.2) is 4.98 Å². The summed E-state index contributed by atoms with van der Waals surface area (Å²) in [7, 11) is 0. The van der Waals surface area contributed by atoms with E-state index in [1.54, 1.807) is 6.07 Å². The van der Waals surface area contributed by atoms with Crippen LogP contribution in [0.4, 0.5) is 0 Å². The summed E-state index contributed by atoms with van der Waals surface area (Å²) in [5.74, 6) is 1.70. The van der Waals surface area contributed by atoms with E-state index >= 15 is 0 Å². The van der Waals surface area contributed by atoms with E-state index in [1.165, 1.54) is 25.9 Å². The summed E-state index contributed by atoms with van der Waals surface area (Å²) in [6, 6.07) is 5.46. The van der Waals surface area contributed by atoms with Crippen molar-refractivity contribution >= 4 is 17.0 Å². The van der Waals surface area contributed by atoms with Crippen LogP contribution in [0.3, 0.4) is 0 Å². The van der Waals surface area contributed by atoms with Gasteiger partial charge < -0.3 is 14.6 Å². The lowest BCUT2D eigenvalue weighted by atomic mass is 10.0. The van der Waals surface area contributed by atoms with E-state index in [4.69, 9.17) is 4.42 Å². The normalized spacial score (nSPS) is 18.8. The standard InChI is InChI=1S/C20H29N3O2/c1-14(2)20-22-17-8-7-16(12-18(17)25-20)19(24)21-9-5-11-23-10-4-6-15(3)13-23/h7-8,12,14-15H,4-6,9-11,13H2,1-3H3,(H,21,24). The van der Waals surface area contributed by atoms with Crippen LogP contribution >= 0.6 is 0 Å². The third kappa shape index (κ3) is 4.60. The average Bonchev–Trinajstić information content (AvgIpc) is 3.02. The van der Waals surface area contributed by atoms with Gasteiger partial charge in [0.05, 0.1) is 0 Å². The molecule has 1 aliphatic heterocycles. The lowest BCUT2D eigenvalue weighted by Crippen LogP contribution is -2.36. The highest BCUT2D eigenvalue weighted by Crippen LogP contribution is 2.22. The molecule has 1 unspecified atom stereocenters. The van der Waals surface area contributed by atoms with Crippen LogP contribution < -0.4 is 5.32 Å². The molecule has 25 heavy (non-hydrogen) atoms. The molecule has 2 aromatic rings. The number of hydrogen-bond donors (Lipinski definition) is 1. The van der Waals surface area contributed by atoms with Gasteiger partial charge >= 0.3 is 0 Å². The Hall–Kier alpha value is -1.88. The van der Waals surface area contributed by atoms with Crippen LogP contribution in [-0.4, -0.2) is 42.0 Å². The van der Waals surface area contributed by atoms with Crippen LogP contribution in [0.15, 0.2) is 22.6 Å².